The third kappa shape index (κ3) is 4.25. The molecule has 3 rings (SSSR count). The molecule has 126 valence electrons. The molecule has 0 aliphatic carbocycles. The highest BCUT2D eigenvalue weighted by molar-refractivity contribution is 5.78. The van der Waals surface area contributed by atoms with Gasteiger partial charge in [0.15, 0.2) is 6.61 Å². The zero-order valence-corrected chi connectivity index (χ0v) is 14.0. The van der Waals surface area contributed by atoms with Crippen LogP contribution in [0, 0.1) is 12.8 Å². The van der Waals surface area contributed by atoms with Crippen LogP contribution in [0.3, 0.4) is 0 Å². The first-order valence-corrected chi connectivity index (χ1v) is 8.81. The van der Waals surface area contributed by atoms with Crippen molar-refractivity contribution in [3.05, 3.63) is 29.8 Å². The van der Waals surface area contributed by atoms with E-state index in [4.69, 9.17) is 9.47 Å². The van der Waals surface area contributed by atoms with Gasteiger partial charge in [-0.1, -0.05) is 17.7 Å². The molecule has 1 unspecified atom stereocenters. The molecular weight excluding hydrogens is 290 g/mol. The average Bonchev–Trinajstić information content (AvgIpc) is 2.62. The van der Waals surface area contributed by atoms with E-state index >= 15 is 0 Å². The van der Waals surface area contributed by atoms with E-state index in [0.29, 0.717) is 12.0 Å². The Hall–Kier alpha value is -1.55. The molecule has 2 aliphatic heterocycles. The van der Waals surface area contributed by atoms with Crippen molar-refractivity contribution in [1.82, 2.24) is 4.90 Å². The Kier molecular flexibility index (Phi) is 5.55. The summed E-state index contributed by atoms with van der Waals surface area (Å²) in [5.41, 5.74) is 1.19. The molecule has 2 aliphatic rings. The Bertz CT molecular complexity index is 508. The number of hydrogen-bond acceptors (Lipinski definition) is 3. The normalized spacial score (nSPS) is 22.8. The molecule has 2 fully saturated rings. The summed E-state index contributed by atoms with van der Waals surface area (Å²) in [5, 5.41) is 0. The van der Waals surface area contributed by atoms with Crippen LogP contribution in [0.5, 0.6) is 5.75 Å². The number of ether oxygens (including phenoxy) is 2. The number of rotatable bonds is 4. The van der Waals surface area contributed by atoms with Gasteiger partial charge >= 0.3 is 0 Å². The summed E-state index contributed by atoms with van der Waals surface area (Å²) in [7, 11) is 0. The third-order valence-corrected chi connectivity index (χ3v) is 5.06. The molecular formula is C19H27NO3. The van der Waals surface area contributed by atoms with Crippen LogP contribution in [0.4, 0.5) is 0 Å². The van der Waals surface area contributed by atoms with Crippen LogP contribution >= 0.6 is 0 Å². The standard InChI is InChI=1S/C19H27NO3/c1-15-5-7-17(8-6-15)23-14-19(21)20-11-3-2-4-18(20)16-9-12-22-13-10-16/h5-8,16,18H,2-4,9-14H2,1H3. The van der Waals surface area contributed by atoms with Gasteiger partial charge in [0.1, 0.15) is 5.75 Å². The molecule has 2 saturated heterocycles. The maximum Gasteiger partial charge on any atom is 0.260 e. The Morgan fingerprint density at radius 1 is 1.17 bits per heavy atom. The number of piperidine rings is 1. The summed E-state index contributed by atoms with van der Waals surface area (Å²) in [6.07, 6.45) is 5.61. The molecule has 23 heavy (non-hydrogen) atoms. The highest BCUT2D eigenvalue weighted by atomic mass is 16.5. The molecule has 1 amide bonds. The van der Waals surface area contributed by atoms with Crippen molar-refractivity contribution < 1.29 is 14.3 Å². The minimum atomic E-state index is 0.127. The summed E-state index contributed by atoms with van der Waals surface area (Å²) in [6, 6.07) is 8.24. The van der Waals surface area contributed by atoms with Crippen molar-refractivity contribution in [3.63, 3.8) is 0 Å². The predicted octanol–water partition coefficient (Wildman–Crippen LogP) is 3.18. The van der Waals surface area contributed by atoms with Crippen LogP contribution in [0.2, 0.25) is 0 Å². The molecule has 1 aromatic rings. The summed E-state index contributed by atoms with van der Waals surface area (Å²) < 4.78 is 11.2. The lowest BCUT2D eigenvalue weighted by Gasteiger charge is -2.41. The van der Waals surface area contributed by atoms with Crippen molar-refractivity contribution in [1.29, 1.82) is 0 Å². The van der Waals surface area contributed by atoms with Crippen molar-refractivity contribution in [2.75, 3.05) is 26.4 Å². The van der Waals surface area contributed by atoms with Crippen LogP contribution in [0.15, 0.2) is 24.3 Å². The maximum absolute atomic E-state index is 12.7. The average molecular weight is 317 g/mol. The number of hydrogen-bond donors (Lipinski definition) is 0. The fourth-order valence-corrected chi connectivity index (χ4v) is 3.72. The van der Waals surface area contributed by atoms with Gasteiger partial charge in [-0.25, -0.2) is 0 Å². The zero-order valence-electron chi connectivity index (χ0n) is 14.0. The first kappa shape index (κ1) is 16.3. The number of benzene rings is 1. The molecule has 0 bridgehead atoms. The first-order chi connectivity index (χ1) is 11.2. The van der Waals surface area contributed by atoms with E-state index in [0.717, 1.165) is 51.2 Å². The van der Waals surface area contributed by atoms with Crippen molar-refractivity contribution in [2.24, 2.45) is 5.92 Å². The smallest absolute Gasteiger partial charge is 0.260 e. The summed E-state index contributed by atoms with van der Waals surface area (Å²) in [5.74, 6) is 1.48. The number of aryl methyl sites for hydroxylation is 1. The van der Waals surface area contributed by atoms with Gasteiger partial charge in [-0.3, -0.25) is 4.79 Å². The zero-order chi connectivity index (χ0) is 16.1. The number of nitrogens with zero attached hydrogens (tertiary/aromatic N) is 1. The monoisotopic (exact) mass is 317 g/mol. The fourth-order valence-electron chi connectivity index (χ4n) is 3.72. The van der Waals surface area contributed by atoms with Crippen molar-refractivity contribution in [3.8, 4) is 5.75 Å². The van der Waals surface area contributed by atoms with Gasteiger partial charge in [0, 0.05) is 25.8 Å². The lowest BCUT2D eigenvalue weighted by atomic mass is 9.85. The summed E-state index contributed by atoms with van der Waals surface area (Å²) in [6.45, 7) is 4.73. The van der Waals surface area contributed by atoms with Crippen LogP contribution < -0.4 is 4.74 Å². The van der Waals surface area contributed by atoms with Crippen LogP contribution in [0.25, 0.3) is 0 Å². The topological polar surface area (TPSA) is 38.8 Å². The molecule has 4 heteroatoms. The van der Waals surface area contributed by atoms with Crippen molar-refractivity contribution >= 4 is 5.91 Å². The molecule has 0 radical (unpaired) electrons. The predicted molar refractivity (Wildman–Crippen MR) is 89.6 cm³/mol. The van der Waals surface area contributed by atoms with Crippen LogP contribution in [-0.4, -0.2) is 43.2 Å². The van der Waals surface area contributed by atoms with E-state index in [-0.39, 0.29) is 12.5 Å². The van der Waals surface area contributed by atoms with Gasteiger partial charge in [-0.05, 0) is 57.1 Å². The van der Waals surface area contributed by atoms with Gasteiger partial charge in [0.05, 0.1) is 0 Å². The molecule has 0 saturated carbocycles. The first-order valence-electron chi connectivity index (χ1n) is 8.81. The van der Waals surface area contributed by atoms with E-state index in [1.54, 1.807) is 0 Å². The minimum absolute atomic E-state index is 0.127. The van der Waals surface area contributed by atoms with Crippen LogP contribution in [0.1, 0.15) is 37.7 Å². The maximum atomic E-state index is 12.7. The number of likely N-dealkylation sites (tertiary alicyclic amines) is 1. The number of carbonyl (C=O) groups is 1. The molecule has 2 heterocycles. The summed E-state index contributed by atoms with van der Waals surface area (Å²) in [4.78, 5) is 14.7. The van der Waals surface area contributed by atoms with Gasteiger partial charge in [0.25, 0.3) is 5.91 Å². The molecule has 1 atom stereocenters. The molecule has 4 nitrogen and oxygen atoms in total. The molecule has 0 spiro atoms. The van der Waals surface area contributed by atoms with E-state index < -0.39 is 0 Å². The minimum Gasteiger partial charge on any atom is -0.484 e. The fraction of sp³-hybridized carbons (Fsp3) is 0.632. The highest BCUT2D eigenvalue weighted by Crippen LogP contribution is 2.30. The Morgan fingerprint density at radius 2 is 1.91 bits per heavy atom. The quantitative estimate of drug-likeness (QED) is 0.856. The van der Waals surface area contributed by atoms with E-state index in [1.807, 2.05) is 31.2 Å². The second kappa shape index (κ2) is 7.82. The SMILES string of the molecule is Cc1ccc(OCC(=O)N2CCCCC2C2CCOCC2)cc1. The lowest BCUT2D eigenvalue weighted by Crippen LogP contribution is -2.50. The molecule has 0 N–H and O–H groups in total. The number of amides is 1. The Labute approximate surface area is 138 Å². The largest absolute Gasteiger partial charge is 0.484 e. The van der Waals surface area contributed by atoms with Gasteiger partial charge in [0.2, 0.25) is 0 Å². The van der Waals surface area contributed by atoms with Gasteiger partial charge < -0.3 is 14.4 Å². The second-order valence-electron chi connectivity index (χ2n) is 6.70. The second-order valence-corrected chi connectivity index (χ2v) is 6.70. The third-order valence-electron chi connectivity index (χ3n) is 5.06. The van der Waals surface area contributed by atoms with E-state index in [2.05, 4.69) is 4.90 Å². The van der Waals surface area contributed by atoms with E-state index in [1.165, 1.54) is 12.0 Å². The Balaban J connectivity index is 1.58. The lowest BCUT2D eigenvalue weighted by molar-refractivity contribution is -0.139. The Morgan fingerprint density at radius 3 is 2.65 bits per heavy atom. The summed E-state index contributed by atoms with van der Waals surface area (Å²) >= 11 is 0. The van der Waals surface area contributed by atoms with Crippen molar-refractivity contribution in [2.45, 2.75) is 45.1 Å². The molecule has 1 aromatic carbocycles. The van der Waals surface area contributed by atoms with E-state index in [9.17, 15) is 4.79 Å². The number of carbonyl (C=O) groups excluding carboxylic acids is 1. The highest BCUT2D eigenvalue weighted by Gasteiger charge is 2.33. The van der Waals surface area contributed by atoms with Crippen LogP contribution in [-0.2, 0) is 9.53 Å². The van der Waals surface area contributed by atoms with Gasteiger partial charge in [-0.15, -0.1) is 0 Å². The molecule has 0 aromatic heterocycles. The van der Waals surface area contributed by atoms with Gasteiger partial charge in [-0.2, -0.15) is 0 Å².